The first kappa shape index (κ1) is 40.5. The van der Waals surface area contributed by atoms with E-state index in [9.17, 15) is 18.0 Å². The van der Waals surface area contributed by atoms with Gasteiger partial charge in [-0.2, -0.15) is 0 Å². The first-order valence-corrected chi connectivity index (χ1v) is 20.5. The number of amides is 1. The molecular weight excluding hydrogens is 739 g/mol. The third-order valence-corrected chi connectivity index (χ3v) is 10.3. The van der Waals surface area contributed by atoms with Crippen LogP contribution in [0.15, 0.2) is 97.5 Å². The van der Waals surface area contributed by atoms with Gasteiger partial charge < -0.3 is 14.8 Å². The Bertz CT molecular complexity index is 2570. The van der Waals surface area contributed by atoms with Crippen LogP contribution in [0.2, 0.25) is 0 Å². The van der Waals surface area contributed by atoms with Crippen molar-refractivity contribution in [1.82, 2.24) is 15.0 Å². The van der Waals surface area contributed by atoms with Crippen molar-refractivity contribution in [2.24, 2.45) is 0 Å². The predicted molar refractivity (Wildman–Crippen MR) is 225 cm³/mol. The molecule has 0 aliphatic carbocycles. The van der Waals surface area contributed by atoms with E-state index in [1.807, 2.05) is 94.6 Å². The van der Waals surface area contributed by atoms with E-state index in [-0.39, 0.29) is 28.5 Å². The van der Waals surface area contributed by atoms with Crippen molar-refractivity contribution in [3.63, 3.8) is 0 Å². The van der Waals surface area contributed by atoms with E-state index >= 15 is 0 Å². The summed E-state index contributed by atoms with van der Waals surface area (Å²) in [5.74, 6) is 1.02. The molecule has 0 aliphatic heterocycles. The molecule has 0 fully saturated rings. The molecular formula is C45H47N5O6S. The Hall–Kier alpha value is -6.14. The largest absolute Gasteiger partial charge is 0.496 e. The third-order valence-electron chi connectivity index (χ3n) is 9.66. The van der Waals surface area contributed by atoms with Gasteiger partial charge in [0.25, 0.3) is 5.91 Å². The number of ketones is 1. The van der Waals surface area contributed by atoms with Gasteiger partial charge in [0, 0.05) is 42.4 Å². The summed E-state index contributed by atoms with van der Waals surface area (Å²) in [7, 11) is -0.630. The van der Waals surface area contributed by atoms with E-state index in [0.29, 0.717) is 41.2 Å². The van der Waals surface area contributed by atoms with Crippen LogP contribution in [0.3, 0.4) is 0 Å². The van der Waals surface area contributed by atoms with Gasteiger partial charge in [0.1, 0.15) is 11.6 Å². The number of fused-ring (bicyclic) bond motifs is 1. The van der Waals surface area contributed by atoms with Gasteiger partial charge in [-0.25, -0.2) is 18.4 Å². The maximum absolute atomic E-state index is 13.8. The van der Waals surface area contributed by atoms with Gasteiger partial charge >= 0.3 is 0 Å². The number of rotatable bonds is 14. The second-order valence-electron chi connectivity index (χ2n) is 15.1. The molecule has 0 bridgehead atoms. The highest BCUT2D eigenvalue weighted by Crippen LogP contribution is 2.39. The van der Waals surface area contributed by atoms with Crippen molar-refractivity contribution < 1.29 is 27.5 Å². The minimum absolute atomic E-state index is 0.0330. The summed E-state index contributed by atoms with van der Waals surface area (Å²) in [5.41, 5.74) is 7.54. The molecule has 2 heterocycles. The number of carbonyl (C=O) groups is 2. The van der Waals surface area contributed by atoms with Crippen LogP contribution in [0.25, 0.3) is 22.0 Å². The number of carbonyl (C=O) groups excluding carboxylic acids is 2. The van der Waals surface area contributed by atoms with Gasteiger partial charge in [0.2, 0.25) is 10.0 Å². The van der Waals surface area contributed by atoms with Gasteiger partial charge in [-0.3, -0.25) is 19.3 Å². The van der Waals surface area contributed by atoms with Crippen LogP contribution in [0.1, 0.15) is 82.4 Å². The van der Waals surface area contributed by atoms with E-state index < -0.39 is 10.0 Å². The van der Waals surface area contributed by atoms with Gasteiger partial charge in [-0.1, -0.05) is 45.0 Å². The number of hydrogen-bond donors (Lipinski definition) is 2. The lowest BCUT2D eigenvalue weighted by molar-refractivity contribution is 0.0975. The number of aryl methyl sites for hydroxylation is 2. The number of benzene rings is 4. The van der Waals surface area contributed by atoms with Crippen molar-refractivity contribution in [2.45, 2.75) is 58.8 Å². The number of pyridine rings is 1. The molecule has 0 spiro atoms. The molecule has 0 saturated carbocycles. The standard InChI is InChI=1S/C45H47N5O6S/c1-28-13-15-32(44(52)49-38-24-34(45(2,3)4)25-39(43(38)56-6)50-57(7,53)54)23-36(28)31-16-18-37-33(22-31)27-47-42(48-37)21-30-14-17-35(41(20-30)55-5)40(51)12-8-10-29-11-9-19-46-26-29/h9,11,13-20,22-27,50H,8,10,12,21H2,1-7H3,(H,49,52). The summed E-state index contributed by atoms with van der Waals surface area (Å²) in [5, 5.41) is 3.79. The van der Waals surface area contributed by atoms with Crippen LogP contribution in [0.4, 0.5) is 11.4 Å². The molecule has 294 valence electrons. The number of nitrogens with zero attached hydrogens (tertiary/aromatic N) is 3. The van der Waals surface area contributed by atoms with Crippen molar-refractivity contribution in [2.75, 3.05) is 30.5 Å². The molecule has 0 atom stereocenters. The van der Waals surface area contributed by atoms with Crippen molar-refractivity contribution >= 4 is 44.0 Å². The number of ether oxygens (including phenoxy) is 2. The zero-order valence-corrected chi connectivity index (χ0v) is 34.1. The van der Waals surface area contributed by atoms with E-state index in [1.54, 1.807) is 37.7 Å². The van der Waals surface area contributed by atoms with Crippen LogP contribution in [-0.4, -0.2) is 55.5 Å². The molecule has 0 saturated heterocycles. The van der Waals surface area contributed by atoms with E-state index in [0.717, 1.165) is 63.4 Å². The van der Waals surface area contributed by atoms with Crippen molar-refractivity contribution in [3.05, 3.63) is 137 Å². The molecule has 6 aromatic rings. The third kappa shape index (κ3) is 10.0. The van der Waals surface area contributed by atoms with Gasteiger partial charge in [0.15, 0.2) is 11.5 Å². The summed E-state index contributed by atoms with van der Waals surface area (Å²) >= 11 is 0. The lowest BCUT2D eigenvalue weighted by atomic mass is 9.86. The van der Waals surface area contributed by atoms with E-state index in [4.69, 9.17) is 14.5 Å². The number of aromatic nitrogens is 3. The van der Waals surface area contributed by atoms with Crippen LogP contribution in [0, 0.1) is 6.92 Å². The minimum Gasteiger partial charge on any atom is -0.496 e. The Kier molecular flexibility index (Phi) is 12.0. The lowest BCUT2D eigenvalue weighted by Crippen LogP contribution is -2.18. The minimum atomic E-state index is -3.63. The zero-order valence-electron chi connectivity index (χ0n) is 33.3. The Balaban J connectivity index is 1.19. The molecule has 12 heteroatoms. The van der Waals surface area contributed by atoms with Gasteiger partial charge in [0.05, 0.1) is 42.9 Å². The fraction of sp³-hybridized carbons (Fsp3) is 0.267. The number of methoxy groups -OCH3 is 2. The molecule has 0 unspecified atom stereocenters. The normalized spacial score (nSPS) is 11.6. The Morgan fingerprint density at radius 2 is 1.65 bits per heavy atom. The van der Waals surface area contributed by atoms with Gasteiger partial charge in [-0.05, 0) is 113 Å². The van der Waals surface area contributed by atoms with Gasteiger partial charge in [-0.15, -0.1) is 0 Å². The Labute approximate surface area is 334 Å². The Morgan fingerprint density at radius 1 is 0.860 bits per heavy atom. The quantitative estimate of drug-likeness (QED) is 0.103. The summed E-state index contributed by atoms with van der Waals surface area (Å²) in [4.78, 5) is 40.5. The highest BCUT2D eigenvalue weighted by molar-refractivity contribution is 7.92. The summed E-state index contributed by atoms with van der Waals surface area (Å²) in [6.45, 7) is 7.98. The molecule has 1 amide bonds. The fourth-order valence-electron chi connectivity index (χ4n) is 6.64. The first-order chi connectivity index (χ1) is 27.1. The highest BCUT2D eigenvalue weighted by Gasteiger charge is 2.23. The number of sulfonamides is 1. The van der Waals surface area contributed by atoms with Crippen LogP contribution < -0.4 is 19.5 Å². The molecule has 57 heavy (non-hydrogen) atoms. The zero-order chi connectivity index (χ0) is 40.9. The maximum atomic E-state index is 13.8. The fourth-order valence-corrected chi connectivity index (χ4v) is 7.19. The van der Waals surface area contributed by atoms with E-state index in [1.165, 1.54) is 7.11 Å². The van der Waals surface area contributed by atoms with Crippen LogP contribution in [0.5, 0.6) is 11.5 Å². The summed E-state index contributed by atoms with van der Waals surface area (Å²) in [6.07, 6.45) is 8.79. The van der Waals surface area contributed by atoms with Crippen LogP contribution in [-0.2, 0) is 28.3 Å². The first-order valence-electron chi connectivity index (χ1n) is 18.6. The molecule has 4 aromatic carbocycles. The Morgan fingerprint density at radius 3 is 2.35 bits per heavy atom. The molecule has 0 radical (unpaired) electrons. The number of anilines is 2. The average Bonchev–Trinajstić information content (AvgIpc) is 3.17. The number of Topliss-reactive ketones (excluding diaryl/α,β-unsaturated/α-hetero) is 1. The molecule has 0 aliphatic rings. The second-order valence-corrected chi connectivity index (χ2v) is 16.9. The lowest BCUT2D eigenvalue weighted by Gasteiger charge is -2.24. The molecule has 2 N–H and O–H groups in total. The van der Waals surface area contributed by atoms with Crippen molar-refractivity contribution in [3.8, 4) is 22.6 Å². The smallest absolute Gasteiger partial charge is 0.255 e. The summed E-state index contributed by atoms with van der Waals surface area (Å²) < 4.78 is 38.1. The predicted octanol–water partition coefficient (Wildman–Crippen LogP) is 8.74. The molecule has 6 rings (SSSR count). The number of hydrogen-bond acceptors (Lipinski definition) is 9. The second kappa shape index (κ2) is 16.9. The topological polar surface area (TPSA) is 149 Å². The number of nitrogens with one attached hydrogen (secondary N) is 2. The highest BCUT2D eigenvalue weighted by atomic mass is 32.2. The maximum Gasteiger partial charge on any atom is 0.255 e. The average molecular weight is 786 g/mol. The monoisotopic (exact) mass is 785 g/mol. The van der Waals surface area contributed by atoms with Crippen LogP contribution >= 0.6 is 0 Å². The molecule has 11 nitrogen and oxygen atoms in total. The van der Waals surface area contributed by atoms with Crippen molar-refractivity contribution in [1.29, 1.82) is 0 Å². The molecule has 2 aromatic heterocycles. The summed E-state index contributed by atoms with van der Waals surface area (Å²) in [6, 6.07) is 24.4. The van der Waals surface area contributed by atoms with E-state index in [2.05, 4.69) is 20.0 Å². The SMILES string of the molecule is COc1cc(Cc2ncc3cc(-c4cc(C(=O)Nc5cc(C(C)(C)C)cc(NS(C)(=O)=O)c5OC)ccc4C)ccc3n2)ccc1C(=O)CCCc1cccnc1.